The first-order valence-electron chi connectivity index (χ1n) is 7.54. The van der Waals surface area contributed by atoms with Crippen molar-refractivity contribution in [3.05, 3.63) is 37.1 Å². The normalized spacial score (nSPS) is 10.9. The molecule has 3 aromatic heterocycles. The Morgan fingerprint density at radius 3 is 2.50 bits per heavy atom. The molecule has 28 heavy (non-hydrogen) atoms. The smallest absolute Gasteiger partial charge is 0.335 e. The summed E-state index contributed by atoms with van der Waals surface area (Å²) in [7, 11) is -1.57. The van der Waals surface area contributed by atoms with E-state index in [2.05, 4.69) is 30.4 Å². The van der Waals surface area contributed by atoms with Crippen molar-refractivity contribution < 1.29 is 22.7 Å². The maximum absolute atomic E-state index is 12.6. The van der Waals surface area contributed by atoms with Crippen molar-refractivity contribution in [2.75, 3.05) is 19.5 Å². The van der Waals surface area contributed by atoms with E-state index < -0.39 is 16.1 Å². The van der Waals surface area contributed by atoms with Crippen LogP contribution in [-0.2, 0) is 10.0 Å². The van der Waals surface area contributed by atoms with E-state index in [4.69, 9.17) is 9.47 Å². The average molecular weight is 406 g/mol. The minimum Gasteiger partial charge on any atom is -0.481 e. The molecule has 0 radical (unpaired) electrons. The van der Waals surface area contributed by atoms with E-state index in [9.17, 15) is 13.2 Å². The number of nitrogens with zero attached hydrogens (tertiary/aromatic N) is 6. The molecule has 14 heteroatoms. The van der Waals surface area contributed by atoms with Crippen molar-refractivity contribution in [3.8, 4) is 17.6 Å². The highest BCUT2D eigenvalue weighted by Gasteiger charge is 2.24. The van der Waals surface area contributed by atoms with Gasteiger partial charge in [0, 0.05) is 6.20 Å². The van der Waals surface area contributed by atoms with E-state index in [0.29, 0.717) is 0 Å². The molecule has 0 atom stereocenters. The van der Waals surface area contributed by atoms with Gasteiger partial charge in [0.1, 0.15) is 17.6 Å². The van der Waals surface area contributed by atoms with Gasteiger partial charge in [-0.15, -0.1) is 0 Å². The lowest BCUT2D eigenvalue weighted by molar-refractivity contribution is 0.256. The molecule has 0 fully saturated rings. The highest BCUT2D eigenvalue weighted by molar-refractivity contribution is 7.90. The Bertz CT molecular complexity index is 1060. The number of carbonyl (C=O) groups excluding carboxylic acids is 1. The van der Waals surface area contributed by atoms with Crippen molar-refractivity contribution in [2.45, 2.75) is 4.90 Å². The fourth-order valence-electron chi connectivity index (χ4n) is 2.05. The van der Waals surface area contributed by atoms with Crippen molar-refractivity contribution >= 4 is 22.0 Å². The van der Waals surface area contributed by atoms with Crippen molar-refractivity contribution in [1.82, 2.24) is 34.4 Å². The Kier molecular flexibility index (Phi) is 5.30. The highest BCUT2D eigenvalue weighted by atomic mass is 32.2. The summed E-state index contributed by atoms with van der Waals surface area (Å²) in [4.78, 5) is 27.4. The first-order chi connectivity index (χ1) is 13.4. The number of hydrogen-bond donors (Lipinski definition) is 2. The molecule has 0 saturated carbocycles. The topological polar surface area (TPSA) is 163 Å². The molecule has 3 aromatic rings. The zero-order valence-corrected chi connectivity index (χ0v) is 15.4. The molecule has 0 bridgehead atoms. The van der Waals surface area contributed by atoms with Crippen LogP contribution in [0.25, 0.3) is 5.82 Å². The van der Waals surface area contributed by atoms with E-state index in [0.717, 1.165) is 4.68 Å². The van der Waals surface area contributed by atoms with Crippen LogP contribution in [0.3, 0.4) is 0 Å². The molecule has 0 aliphatic heterocycles. The summed E-state index contributed by atoms with van der Waals surface area (Å²) < 4.78 is 38.2. The molecule has 146 valence electrons. The maximum atomic E-state index is 12.6. The number of urea groups is 1. The summed E-state index contributed by atoms with van der Waals surface area (Å²) >= 11 is 0. The summed E-state index contributed by atoms with van der Waals surface area (Å²) in [5, 5.41) is 6.05. The minimum absolute atomic E-state index is 0.0281. The molecule has 0 aliphatic carbocycles. The Morgan fingerprint density at radius 1 is 1.18 bits per heavy atom. The highest BCUT2D eigenvalue weighted by Crippen LogP contribution is 2.18. The average Bonchev–Trinajstić information content (AvgIpc) is 3.21. The first-order valence-corrected chi connectivity index (χ1v) is 9.02. The third-order valence-electron chi connectivity index (χ3n) is 3.23. The third kappa shape index (κ3) is 4.12. The number of pyridine rings is 1. The Balaban J connectivity index is 1.83. The van der Waals surface area contributed by atoms with Gasteiger partial charge in [0.05, 0.1) is 20.3 Å². The van der Waals surface area contributed by atoms with Gasteiger partial charge in [0.15, 0.2) is 5.82 Å². The van der Waals surface area contributed by atoms with Crippen LogP contribution in [0.15, 0.2) is 41.9 Å². The van der Waals surface area contributed by atoms with Crippen molar-refractivity contribution in [3.63, 3.8) is 0 Å². The molecular weight excluding hydrogens is 392 g/mol. The van der Waals surface area contributed by atoms with E-state index >= 15 is 0 Å². The Morgan fingerprint density at radius 2 is 1.89 bits per heavy atom. The van der Waals surface area contributed by atoms with E-state index in [1.165, 1.54) is 51.3 Å². The summed E-state index contributed by atoms with van der Waals surface area (Å²) in [5.74, 6) is -0.0114. The molecule has 2 amide bonds. The second-order valence-electron chi connectivity index (χ2n) is 5.00. The second-order valence-corrected chi connectivity index (χ2v) is 6.65. The summed E-state index contributed by atoms with van der Waals surface area (Å²) in [6.07, 6.45) is 3.88. The van der Waals surface area contributed by atoms with Crippen LogP contribution in [0, 0.1) is 0 Å². The maximum Gasteiger partial charge on any atom is 0.335 e. The molecule has 3 heterocycles. The molecule has 0 saturated heterocycles. The molecule has 0 aliphatic rings. The van der Waals surface area contributed by atoms with Crippen molar-refractivity contribution in [2.24, 2.45) is 0 Å². The monoisotopic (exact) mass is 406 g/mol. The number of nitrogens with one attached hydrogen (secondary N) is 2. The molecule has 0 spiro atoms. The van der Waals surface area contributed by atoms with Crippen LogP contribution in [0.4, 0.5) is 10.7 Å². The lowest BCUT2D eigenvalue weighted by Crippen LogP contribution is -2.35. The van der Waals surface area contributed by atoms with Gasteiger partial charge in [-0.3, -0.25) is 5.32 Å². The van der Waals surface area contributed by atoms with Crippen molar-refractivity contribution in [1.29, 1.82) is 0 Å². The summed E-state index contributed by atoms with van der Waals surface area (Å²) in [5.41, 5.74) is 0. The number of ether oxygens (including phenoxy) is 2. The lowest BCUT2D eigenvalue weighted by atomic mass is 10.5. The SMILES string of the molecule is COc1cc(OC)nc(NC(=O)NS(=O)(=O)c2cccnc2-n2cncn2)n1. The van der Waals surface area contributed by atoms with E-state index in [1.54, 1.807) is 0 Å². The lowest BCUT2D eigenvalue weighted by Gasteiger charge is -2.11. The zero-order valence-electron chi connectivity index (χ0n) is 14.6. The number of sulfonamides is 1. The van der Waals surface area contributed by atoms with Crippen LogP contribution in [-0.4, -0.2) is 58.4 Å². The van der Waals surface area contributed by atoms with Crippen LogP contribution in [0.5, 0.6) is 11.8 Å². The number of aromatic nitrogens is 6. The first kappa shape index (κ1) is 19.0. The third-order valence-corrected chi connectivity index (χ3v) is 4.58. The minimum atomic E-state index is -4.30. The van der Waals surface area contributed by atoms with Crippen LogP contribution in [0.1, 0.15) is 0 Å². The van der Waals surface area contributed by atoms with Gasteiger partial charge >= 0.3 is 6.03 Å². The van der Waals surface area contributed by atoms with Gasteiger partial charge in [0.25, 0.3) is 10.0 Å². The van der Waals surface area contributed by atoms with Crippen LogP contribution in [0.2, 0.25) is 0 Å². The standard InChI is InChI=1S/C14H14N8O5S/c1-26-10-6-11(27-2)19-13(18-10)20-14(23)21-28(24,25)9-4-3-5-16-12(9)22-8-15-7-17-22/h3-8H,1-2H3,(H2,18,19,20,21,23). The second kappa shape index (κ2) is 7.83. The molecular formula is C14H14N8O5S. The van der Waals surface area contributed by atoms with Gasteiger partial charge < -0.3 is 9.47 Å². The van der Waals surface area contributed by atoms with Gasteiger partial charge in [-0.1, -0.05) is 0 Å². The Hall–Kier alpha value is -3.81. The van der Waals surface area contributed by atoms with Gasteiger partial charge in [-0.05, 0) is 12.1 Å². The van der Waals surface area contributed by atoms with E-state index in [1.807, 2.05) is 4.72 Å². The number of carbonyl (C=O) groups is 1. The molecule has 3 rings (SSSR count). The molecule has 0 unspecified atom stereocenters. The van der Waals surface area contributed by atoms with Crippen LogP contribution < -0.4 is 19.5 Å². The molecule has 0 aromatic carbocycles. The number of hydrogen-bond acceptors (Lipinski definition) is 10. The number of rotatable bonds is 6. The quantitative estimate of drug-likeness (QED) is 0.568. The number of amides is 2. The van der Waals surface area contributed by atoms with Gasteiger partial charge in [0.2, 0.25) is 17.7 Å². The number of anilines is 1. The molecule has 2 N–H and O–H groups in total. The van der Waals surface area contributed by atoms with Gasteiger partial charge in [-0.25, -0.2) is 32.6 Å². The van der Waals surface area contributed by atoms with Gasteiger partial charge in [-0.2, -0.15) is 15.1 Å². The fraction of sp³-hybridized carbons (Fsp3) is 0.143. The van der Waals surface area contributed by atoms with Crippen LogP contribution >= 0.6 is 0 Å². The molecule has 13 nitrogen and oxygen atoms in total. The number of methoxy groups -OCH3 is 2. The summed E-state index contributed by atoms with van der Waals surface area (Å²) in [6.45, 7) is 0. The fourth-order valence-corrected chi connectivity index (χ4v) is 3.10. The predicted octanol–water partition coefficient (Wildman–Crippen LogP) is -0.0201. The summed E-state index contributed by atoms with van der Waals surface area (Å²) in [6, 6.07) is 2.97. The predicted molar refractivity (Wildman–Crippen MR) is 93.6 cm³/mol. The largest absolute Gasteiger partial charge is 0.481 e. The zero-order chi connectivity index (χ0) is 20.1. The Labute approximate surface area is 158 Å². The van der Waals surface area contributed by atoms with E-state index in [-0.39, 0.29) is 28.4 Å².